The molecule has 0 aliphatic carbocycles. The van der Waals surface area contributed by atoms with E-state index in [9.17, 15) is 19.2 Å². The number of rotatable bonds is 15. The molecule has 0 aliphatic rings. The van der Waals surface area contributed by atoms with Gasteiger partial charge in [0.05, 0.1) is 25.4 Å². The Morgan fingerprint density at radius 1 is 0.774 bits per heavy atom. The van der Waals surface area contributed by atoms with E-state index in [1.54, 1.807) is 27.7 Å². The molecule has 0 bridgehead atoms. The molecule has 1 atom stereocenters. The van der Waals surface area contributed by atoms with Gasteiger partial charge in [-0.3, -0.25) is 0 Å². The zero-order valence-electron chi connectivity index (χ0n) is 18.8. The Bertz CT molecular complexity index is 626. The number of carbonyl (C=O) groups is 4. The smallest absolute Gasteiger partial charge is 0.331 e. The minimum Gasteiger partial charge on any atom is -0.460 e. The Hall–Kier alpha value is -2.72. The summed E-state index contributed by atoms with van der Waals surface area (Å²) in [4.78, 5) is 46.7. The molecule has 2 N–H and O–H groups in total. The Kier molecular flexibility index (Phi) is 15.5. The predicted octanol–water partition coefficient (Wildman–Crippen LogP) is 0.0569. The van der Waals surface area contributed by atoms with Crippen LogP contribution in [0.2, 0.25) is 0 Å². The molecule has 0 aromatic rings. The Balaban J connectivity index is 4.70. The van der Waals surface area contributed by atoms with E-state index < -0.39 is 30.0 Å². The highest BCUT2D eigenvalue weighted by Gasteiger charge is 2.18. The van der Waals surface area contributed by atoms with Crippen LogP contribution in [0, 0.1) is 0 Å². The summed E-state index contributed by atoms with van der Waals surface area (Å²) in [5, 5.41) is 1.84. The molecule has 0 amide bonds. The minimum absolute atomic E-state index is 0.233. The lowest BCUT2D eigenvalue weighted by molar-refractivity contribution is -0.662. The van der Waals surface area contributed by atoms with Crippen molar-refractivity contribution in [1.29, 1.82) is 0 Å². The first kappa shape index (κ1) is 28.3. The van der Waals surface area contributed by atoms with Crippen molar-refractivity contribution < 1.29 is 48.2 Å². The SMILES string of the molecule is CCOCC[NH2+]CC(COC(=O)/C=C/C(=O)OC(C)C)OC(=O)/C=C/C(=O)OC(C)C. The van der Waals surface area contributed by atoms with E-state index in [2.05, 4.69) is 0 Å². The van der Waals surface area contributed by atoms with Gasteiger partial charge in [0.15, 0.2) is 6.10 Å². The zero-order valence-corrected chi connectivity index (χ0v) is 18.8. The normalized spacial score (nSPS) is 12.4. The molecule has 0 aromatic heterocycles. The van der Waals surface area contributed by atoms with E-state index in [0.717, 1.165) is 24.3 Å². The lowest BCUT2D eigenvalue weighted by Crippen LogP contribution is -2.87. The topological polar surface area (TPSA) is 131 Å². The number of esters is 4. The van der Waals surface area contributed by atoms with Crippen LogP contribution < -0.4 is 5.32 Å². The highest BCUT2D eigenvalue weighted by Crippen LogP contribution is 1.97. The van der Waals surface area contributed by atoms with Crippen molar-refractivity contribution in [2.24, 2.45) is 0 Å². The van der Waals surface area contributed by atoms with Crippen molar-refractivity contribution in [2.75, 3.05) is 32.9 Å². The molecular weight excluding hydrogens is 410 g/mol. The molecule has 10 heteroatoms. The van der Waals surface area contributed by atoms with Crippen LogP contribution in [-0.2, 0) is 42.9 Å². The second-order valence-corrected chi connectivity index (χ2v) is 6.84. The van der Waals surface area contributed by atoms with Gasteiger partial charge in [-0.05, 0) is 34.6 Å². The van der Waals surface area contributed by atoms with E-state index in [1.807, 2.05) is 12.2 Å². The van der Waals surface area contributed by atoms with Crippen LogP contribution in [0.3, 0.4) is 0 Å². The summed E-state index contributed by atoms with van der Waals surface area (Å²) in [5.41, 5.74) is 0. The molecule has 10 nitrogen and oxygen atoms in total. The van der Waals surface area contributed by atoms with Crippen molar-refractivity contribution in [3.8, 4) is 0 Å². The molecule has 0 radical (unpaired) electrons. The van der Waals surface area contributed by atoms with E-state index in [4.69, 9.17) is 23.7 Å². The van der Waals surface area contributed by atoms with Crippen LogP contribution >= 0.6 is 0 Å². The summed E-state index contributed by atoms with van der Waals surface area (Å²) >= 11 is 0. The first-order valence-corrected chi connectivity index (χ1v) is 10.2. The molecule has 0 saturated carbocycles. The average Bonchev–Trinajstić information content (AvgIpc) is 2.67. The predicted molar refractivity (Wildman–Crippen MR) is 110 cm³/mol. The second kappa shape index (κ2) is 17.0. The minimum atomic E-state index is -0.785. The average molecular weight is 445 g/mol. The third-order valence-corrected chi connectivity index (χ3v) is 3.21. The lowest BCUT2D eigenvalue weighted by Gasteiger charge is -2.15. The quantitative estimate of drug-likeness (QED) is 0.161. The second-order valence-electron chi connectivity index (χ2n) is 6.84. The zero-order chi connectivity index (χ0) is 23.6. The van der Waals surface area contributed by atoms with Crippen molar-refractivity contribution in [2.45, 2.75) is 52.9 Å². The van der Waals surface area contributed by atoms with Crippen LogP contribution in [0.5, 0.6) is 0 Å². The first-order valence-electron chi connectivity index (χ1n) is 10.2. The molecule has 1 unspecified atom stereocenters. The molecule has 0 saturated heterocycles. The third-order valence-electron chi connectivity index (χ3n) is 3.21. The molecule has 0 heterocycles. The summed E-state index contributed by atoms with van der Waals surface area (Å²) in [6, 6.07) is 0. The summed E-state index contributed by atoms with van der Waals surface area (Å²) in [6.07, 6.45) is 2.40. The maximum absolute atomic E-state index is 12.0. The summed E-state index contributed by atoms with van der Waals surface area (Å²) in [5.74, 6) is -2.91. The van der Waals surface area contributed by atoms with Gasteiger partial charge in [-0.25, -0.2) is 19.2 Å². The summed E-state index contributed by atoms with van der Waals surface area (Å²) < 4.78 is 25.3. The number of quaternary nitrogens is 1. The van der Waals surface area contributed by atoms with Crippen LogP contribution in [-0.4, -0.2) is 75.1 Å². The third kappa shape index (κ3) is 17.8. The fourth-order valence-electron chi connectivity index (χ4n) is 2.01. The van der Waals surface area contributed by atoms with Gasteiger partial charge in [-0.15, -0.1) is 0 Å². The molecule has 0 rings (SSSR count). The highest BCUT2D eigenvalue weighted by atomic mass is 16.6. The fourth-order valence-corrected chi connectivity index (χ4v) is 2.01. The first-order chi connectivity index (χ1) is 14.6. The van der Waals surface area contributed by atoms with E-state index in [0.29, 0.717) is 26.3 Å². The van der Waals surface area contributed by atoms with Crippen LogP contribution in [0.4, 0.5) is 0 Å². The van der Waals surface area contributed by atoms with Gasteiger partial charge in [0, 0.05) is 30.9 Å². The number of carbonyl (C=O) groups excluding carboxylic acids is 4. The Morgan fingerprint density at radius 2 is 1.26 bits per heavy atom. The van der Waals surface area contributed by atoms with Gasteiger partial charge in [0.25, 0.3) is 0 Å². The molecule has 176 valence electrons. The maximum Gasteiger partial charge on any atom is 0.331 e. The molecular formula is C21H34NO9+. The van der Waals surface area contributed by atoms with Crippen molar-refractivity contribution in [3.05, 3.63) is 24.3 Å². The molecule has 0 aromatic carbocycles. The Labute approximate surface area is 182 Å². The molecule has 0 fully saturated rings. The van der Waals surface area contributed by atoms with Gasteiger partial charge in [0.2, 0.25) is 0 Å². The van der Waals surface area contributed by atoms with Gasteiger partial charge < -0.3 is 29.0 Å². The van der Waals surface area contributed by atoms with Gasteiger partial charge in [-0.1, -0.05) is 0 Å². The van der Waals surface area contributed by atoms with Crippen molar-refractivity contribution in [3.63, 3.8) is 0 Å². The number of nitrogens with two attached hydrogens (primary N) is 1. The summed E-state index contributed by atoms with van der Waals surface area (Å²) in [7, 11) is 0. The van der Waals surface area contributed by atoms with Crippen LogP contribution in [0.1, 0.15) is 34.6 Å². The Morgan fingerprint density at radius 3 is 1.74 bits per heavy atom. The van der Waals surface area contributed by atoms with E-state index in [1.165, 1.54) is 0 Å². The standard InChI is InChI=1S/C21H33NO9/c1-6-27-12-11-22-13-17(31-21(26)10-9-20(25)30-16(4)5)14-28-18(23)7-8-19(24)29-15(2)3/h7-10,15-17,22H,6,11-14H2,1-5H3/p+1/b8-7+,10-9+. The monoisotopic (exact) mass is 444 g/mol. The van der Waals surface area contributed by atoms with E-state index >= 15 is 0 Å². The lowest BCUT2D eigenvalue weighted by atomic mass is 10.3. The highest BCUT2D eigenvalue weighted by molar-refractivity contribution is 5.92. The number of ether oxygens (including phenoxy) is 5. The fraction of sp³-hybridized carbons (Fsp3) is 0.619. The largest absolute Gasteiger partial charge is 0.460 e. The molecule has 0 spiro atoms. The molecule has 31 heavy (non-hydrogen) atoms. The number of hydrogen-bond donors (Lipinski definition) is 1. The molecule has 0 aliphatic heterocycles. The number of hydrogen-bond acceptors (Lipinski definition) is 9. The van der Waals surface area contributed by atoms with Gasteiger partial charge in [-0.2, -0.15) is 0 Å². The van der Waals surface area contributed by atoms with E-state index in [-0.39, 0.29) is 18.8 Å². The van der Waals surface area contributed by atoms with Crippen LogP contribution in [0.25, 0.3) is 0 Å². The van der Waals surface area contributed by atoms with Crippen molar-refractivity contribution in [1.82, 2.24) is 0 Å². The van der Waals surface area contributed by atoms with Gasteiger partial charge >= 0.3 is 23.9 Å². The summed E-state index contributed by atoms with van der Waals surface area (Å²) in [6.45, 7) is 10.4. The van der Waals surface area contributed by atoms with Gasteiger partial charge in [0.1, 0.15) is 13.2 Å². The maximum atomic E-state index is 12.0. The van der Waals surface area contributed by atoms with Crippen molar-refractivity contribution >= 4 is 23.9 Å². The van der Waals surface area contributed by atoms with Crippen LogP contribution in [0.15, 0.2) is 24.3 Å².